The largest absolute Gasteiger partial charge is 0.355 e. The van der Waals surface area contributed by atoms with E-state index in [4.69, 9.17) is 23.2 Å². The van der Waals surface area contributed by atoms with Crippen molar-refractivity contribution in [3.8, 4) is 0 Å². The van der Waals surface area contributed by atoms with E-state index in [0.29, 0.717) is 0 Å². The van der Waals surface area contributed by atoms with Crippen LogP contribution in [0, 0.1) is 13.8 Å². The van der Waals surface area contributed by atoms with E-state index in [9.17, 15) is 0 Å². The van der Waals surface area contributed by atoms with Gasteiger partial charge in [0.15, 0.2) is 0 Å². The van der Waals surface area contributed by atoms with Crippen molar-refractivity contribution in [1.82, 2.24) is 0 Å². The van der Waals surface area contributed by atoms with Crippen molar-refractivity contribution in [3.05, 3.63) is 57.6 Å². The molecule has 2 rings (SSSR count). The number of anilines is 2. The molecule has 0 heterocycles. The van der Waals surface area contributed by atoms with Gasteiger partial charge < -0.3 is 5.32 Å². The molecule has 0 spiro atoms. The van der Waals surface area contributed by atoms with Gasteiger partial charge in [-0.1, -0.05) is 23.2 Å². The van der Waals surface area contributed by atoms with E-state index in [1.807, 2.05) is 50.2 Å². The summed E-state index contributed by atoms with van der Waals surface area (Å²) in [6, 6.07) is 11.5. The van der Waals surface area contributed by atoms with Crippen LogP contribution >= 0.6 is 23.2 Å². The lowest BCUT2D eigenvalue weighted by molar-refractivity contribution is 1.36. The SMILES string of the molecule is Cc1cc(Cl)cc(C)c1Nc1ccc(Cl)cc1. The van der Waals surface area contributed by atoms with Crippen molar-refractivity contribution in [2.75, 3.05) is 5.32 Å². The molecule has 0 radical (unpaired) electrons. The summed E-state index contributed by atoms with van der Waals surface area (Å²) in [5.41, 5.74) is 4.37. The Bertz CT molecular complexity index is 509. The Hall–Kier alpha value is -1.18. The summed E-state index contributed by atoms with van der Waals surface area (Å²) in [5, 5.41) is 4.88. The normalized spacial score (nSPS) is 10.4. The van der Waals surface area contributed by atoms with Crippen LogP contribution in [0.5, 0.6) is 0 Å². The van der Waals surface area contributed by atoms with Gasteiger partial charge in [-0.25, -0.2) is 0 Å². The van der Waals surface area contributed by atoms with Gasteiger partial charge in [-0.3, -0.25) is 0 Å². The number of hydrogen-bond acceptors (Lipinski definition) is 1. The molecule has 88 valence electrons. The monoisotopic (exact) mass is 265 g/mol. The second-order valence-corrected chi connectivity index (χ2v) is 4.92. The highest BCUT2D eigenvalue weighted by atomic mass is 35.5. The van der Waals surface area contributed by atoms with Crippen molar-refractivity contribution in [3.63, 3.8) is 0 Å². The van der Waals surface area contributed by atoms with E-state index < -0.39 is 0 Å². The lowest BCUT2D eigenvalue weighted by atomic mass is 10.1. The zero-order chi connectivity index (χ0) is 12.4. The average Bonchev–Trinajstić information content (AvgIpc) is 2.26. The summed E-state index contributed by atoms with van der Waals surface area (Å²) in [6.45, 7) is 4.08. The van der Waals surface area contributed by atoms with E-state index in [2.05, 4.69) is 5.32 Å². The highest BCUT2D eigenvalue weighted by Crippen LogP contribution is 2.28. The first-order valence-corrected chi connectivity index (χ1v) is 6.11. The van der Waals surface area contributed by atoms with E-state index in [0.717, 1.165) is 32.5 Å². The first kappa shape index (κ1) is 12.3. The van der Waals surface area contributed by atoms with Crippen molar-refractivity contribution in [1.29, 1.82) is 0 Å². The van der Waals surface area contributed by atoms with Crippen molar-refractivity contribution in [2.24, 2.45) is 0 Å². The van der Waals surface area contributed by atoms with Crippen molar-refractivity contribution < 1.29 is 0 Å². The van der Waals surface area contributed by atoms with Gasteiger partial charge in [0.2, 0.25) is 0 Å². The van der Waals surface area contributed by atoms with Crippen molar-refractivity contribution >= 4 is 34.6 Å². The minimum atomic E-state index is 0.736. The van der Waals surface area contributed by atoms with Crippen LogP contribution in [0.2, 0.25) is 10.0 Å². The molecule has 0 bridgehead atoms. The number of rotatable bonds is 2. The van der Waals surface area contributed by atoms with Gasteiger partial charge in [0.1, 0.15) is 0 Å². The van der Waals surface area contributed by atoms with Gasteiger partial charge in [0, 0.05) is 21.4 Å². The third-order valence-corrected chi connectivity index (χ3v) is 3.08. The molecule has 0 aliphatic heterocycles. The van der Waals surface area contributed by atoms with Gasteiger partial charge >= 0.3 is 0 Å². The summed E-state index contributed by atoms with van der Waals surface area (Å²) in [4.78, 5) is 0. The number of hydrogen-bond donors (Lipinski definition) is 1. The van der Waals surface area contributed by atoms with Crippen molar-refractivity contribution in [2.45, 2.75) is 13.8 Å². The molecular weight excluding hydrogens is 253 g/mol. The second-order valence-electron chi connectivity index (χ2n) is 4.05. The van der Waals surface area contributed by atoms with Gasteiger partial charge in [-0.2, -0.15) is 0 Å². The first-order chi connectivity index (χ1) is 8.06. The smallest absolute Gasteiger partial charge is 0.0444 e. The Kier molecular flexibility index (Phi) is 3.60. The Morgan fingerprint density at radius 2 is 1.35 bits per heavy atom. The second kappa shape index (κ2) is 4.99. The molecule has 0 aromatic heterocycles. The number of aryl methyl sites for hydroxylation is 2. The minimum Gasteiger partial charge on any atom is -0.355 e. The van der Waals surface area contributed by atoms with Gasteiger partial charge in [-0.15, -0.1) is 0 Å². The summed E-state index contributed by atoms with van der Waals surface area (Å²) < 4.78 is 0. The zero-order valence-corrected chi connectivity index (χ0v) is 11.2. The summed E-state index contributed by atoms with van der Waals surface area (Å²) in [7, 11) is 0. The molecule has 0 unspecified atom stereocenters. The summed E-state index contributed by atoms with van der Waals surface area (Å²) in [5.74, 6) is 0. The molecule has 0 saturated carbocycles. The van der Waals surface area contributed by atoms with E-state index in [1.54, 1.807) is 0 Å². The topological polar surface area (TPSA) is 12.0 Å². The fourth-order valence-electron chi connectivity index (χ4n) is 1.79. The maximum absolute atomic E-state index is 6.00. The fraction of sp³-hybridized carbons (Fsp3) is 0.143. The molecule has 2 aromatic rings. The number of halogens is 2. The first-order valence-electron chi connectivity index (χ1n) is 5.35. The molecule has 0 atom stereocenters. The number of nitrogens with one attached hydrogen (secondary N) is 1. The third-order valence-electron chi connectivity index (χ3n) is 2.61. The van der Waals surface area contributed by atoms with Crippen LogP contribution in [0.15, 0.2) is 36.4 Å². The Balaban J connectivity index is 2.33. The van der Waals surface area contributed by atoms with Crippen LogP contribution in [-0.4, -0.2) is 0 Å². The summed E-state index contributed by atoms with van der Waals surface area (Å²) >= 11 is 11.9. The van der Waals surface area contributed by atoms with Crippen LogP contribution in [0.4, 0.5) is 11.4 Å². The molecule has 0 aliphatic carbocycles. The molecule has 0 aliphatic rings. The predicted octanol–water partition coefficient (Wildman–Crippen LogP) is 5.35. The molecule has 1 N–H and O–H groups in total. The molecule has 2 aromatic carbocycles. The lowest BCUT2D eigenvalue weighted by Gasteiger charge is -2.13. The Morgan fingerprint density at radius 3 is 1.88 bits per heavy atom. The molecule has 17 heavy (non-hydrogen) atoms. The molecule has 0 amide bonds. The van der Waals surface area contributed by atoms with Crippen LogP contribution in [-0.2, 0) is 0 Å². The van der Waals surface area contributed by atoms with Crippen LogP contribution < -0.4 is 5.32 Å². The number of benzene rings is 2. The van der Waals surface area contributed by atoms with Crippen LogP contribution in [0.3, 0.4) is 0 Å². The van der Waals surface area contributed by atoms with Crippen LogP contribution in [0.1, 0.15) is 11.1 Å². The van der Waals surface area contributed by atoms with E-state index >= 15 is 0 Å². The molecule has 0 fully saturated rings. The fourth-order valence-corrected chi connectivity index (χ4v) is 2.24. The quantitative estimate of drug-likeness (QED) is 0.772. The van der Waals surface area contributed by atoms with Gasteiger partial charge in [-0.05, 0) is 61.4 Å². The molecular formula is C14H13Cl2N. The van der Waals surface area contributed by atoms with Crippen LogP contribution in [0.25, 0.3) is 0 Å². The van der Waals surface area contributed by atoms with E-state index in [1.165, 1.54) is 0 Å². The highest BCUT2D eigenvalue weighted by molar-refractivity contribution is 6.31. The molecule has 1 nitrogen and oxygen atoms in total. The Morgan fingerprint density at radius 1 is 0.824 bits per heavy atom. The predicted molar refractivity (Wildman–Crippen MR) is 75.7 cm³/mol. The maximum atomic E-state index is 6.00. The minimum absolute atomic E-state index is 0.736. The standard InChI is InChI=1S/C14H13Cl2N/c1-9-7-12(16)8-10(2)14(9)17-13-5-3-11(15)4-6-13/h3-8,17H,1-2H3. The maximum Gasteiger partial charge on any atom is 0.0444 e. The zero-order valence-electron chi connectivity index (χ0n) is 9.72. The molecule has 0 saturated heterocycles. The van der Waals surface area contributed by atoms with E-state index in [-0.39, 0.29) is 0 Å². The highest BCUT2D eigenvalue weighted by Gasteiger charge is 2.04. The lowest BCUT2D eigenvalue weighted by Crippen LogP contribution is -1.96. The molecule has 3 heteroatoms. The Labute approximate surface area is 111 Å². The summed E-state index contributed by atoms with van der Waals surface area (Å²) in [6.07, 6.45) is 0. The third kappa shape index (κ3) is 2.93. The van der Waals surface area contributed by atoms with Gasteiger partial charge in [0.05, 0.1) is 0 Å². The average molecular weight is 266 g/mol. The van der Waals surface area contributed by atoms with Gasteiger partial charge in [0.25, 0.3) is 0 Å².